The number of benzene rings is 1. The van der Waals surface area contributed by atoms with Gasteiger partial charge in [0, 0.05) is 18.3 Å². The van der Waals surface area contributed by atoms with Gasteiger partial charge in [0.15, 0.2) is 23.3 Å². The molecule has 106 valence electrons. The number of nitrogens with zero attached hydrogens (tertiary/aromatic N) is 1. The van der Waals surface area contributed by atoms with Crippen molar-refractivity contribution in [3.63, 3.8) is 0 Å². The van der Waals surface area contributed by atoms with E-state index in [4.69, 9.17) is 0 Å². The minimum absolute atomic E-state index is 0.254. The van der Waals surface area contributed by atoms with Crippen LogP contribution in [-0.4, -0.2) is 10.1 Å². The first-order valence-electron chi connectivity index (χ1n) is 5.52. The van der Waals surface area contributed by atoms with Gasteiger partial charge in [-0.05, 0) is 12.1 Å². The summed E-state index contributed by atoms with van der Waals surface area (Å²) in [6.07, 6.45) is -0.894. The van der Waals surface area contributed by atoms with E-state index >= 15 is 0 Å². The van der Waals surface area contributed by atoms with Crippen LogP contribution in [0.25, 0.3) is 0 Å². The zero-order chi connectivity index (χ0) is 14.9. The van der Waals surface area contributed by atoms with Gasteiger partial charge in [-0.15, -0.1) is 0 Å². The second-order valence-electron chi connectivity index (χ2n) is 4.02. The Balaban J connectivity index is 2.42. The Hall–Kier alpha value is -2.02. The summed E-state index contributed by atoms with van der Waals surface area (Å²) >= 11 is 0. The second kappa shape index (κ2) is 5.54. The average Bonchev–Trinajstić information content (AvgIpc) is 2.44. The SMILES string of the molecule is OC(Cc1ccccn1)c1c(F)c(F)c(F)c(F)c1F. The smallest absolute Gasteiger partial charge is 0.200 e. The molecule has 0 bridgehead atoms. The summed E-state index contributed by atoms with van der Waals surface area (Å²) in [6, 6.07) is 4.59. The molecule has 0 saturated heterocycles. The van der Waals surface area contributed by atoms with Gasteiger partial charge in [-0.3, -0.25) is 4.98 Å². The molecule has 1 aromatic carbocycles. The van der Waals surface area contributed by atoms with E-state index in [2.05, 4.69) is 4.98 Å². The molecule has 1 heterocycles. The van der Waals surface area contributed by atoms with E-state index in [0.717, 1.165) is 0 Å². The summed E-state index contributed by atoms with van der Waals surface area (Å²) < 4.78 is 65.8. The van der Waals surface area contributed by atoms with E-state index in [1.54, 1.807) is 12.1 Å². The van der Waals surface area contributed by atoms with Crippen molar-refractivity contribution in [2.75, 3.05) is 0 Å². The van der Waals surface area contributed by atoms with Crippen molar-refractivity contribution >= 4 is 0 Å². The number of pyridine rings is 1. The Morgan fingerprint density at radius 3 is 1.95 bits per heavy atom. The number of hydrogen-bond acceptors (Lipinski definition) is 2. The number of aliphatic hydroxyl groups excluding tert-OH is 1. The lowest BCUT2D eigenvalue weighted by Gasteiger charge is -2.14. The first-order valence-corrected chi connectivity index (χ1v) is 5.52. The number of aromatic nitrogens is 1. The van der Waals surface area contributed by atoms with E-state index in [9.17, 15) is 27.1 Å². The van der Waals surface area contributed by atoms with E-state index < -0.39 is 40.8 Å². The monoisotopic (exact) mass is 289 g/mol. The summed E-state index contributed by atoms with van der Waals surface area (Å²) in [5, 5.41) is 9.70. The van der Waals surface area contributed by atoms with Crippen molar-refractivity contribution in [1.82, 2.24) is 4.98 Å². The van der Waals surface area contributed by atoms with Crippen LogP contribution in [0.2, 0.25) is 0 Å². The topological polar surface area (TPSA) is 33.1 Å². The molecule has 0 radical (unpaired) electrons. The fourth-order valence-electron chi connectivity index (χ4n) is 1.73. The van der Waals surface area contributed by atoms with Gasteiger partial charge in [0.25, 0.3) is 0 Å². The zero-order valence-electron chi connectivity index (χ0n) is 9.88. The molecule has 1 unspecified atom stereocenters. The van der Waals surface area contributed by atoms with Crippen LogP contribution in [0, 0.1) is 29.1 Å². The van der Waals surface area contributed by atoms with Crippen molar-refractivity contribution in [2.24, 2.45) is 0 Å². The second-order valence-corrected chi connectivity index (χ2v) is 4.02. The van der Waals surface area contributed by atoms with Crippen LogP contribution >= 0.6 is 0 Å². The van der Waals surface area contributed by atoms with Crippen molar-refractivity contribution in [3.05, 3.63) is 64.7 Å². The van der Waals surface area contributed by atoms with Gasteiger partial charge in [-0.1, -0.05) is 6.07 Å². The summed E-state index contributed by atoms with van der Waals surface area (Å²) in [5.74, 6) is -10.5. The van der Waals surface area contributed by atoms with Gasteiger partial charge in [0.1, 0.15) is 0 Å². The lowest BCUT2D eigenvalue weighted by atomic mass is 10.0. The Morgan fingerprint density at radius 2 is 1.45 bits per heavy atom. The maximum Gasteiger partial charge on any atom is 0.200 e. The molecule has 0 amide bonds. The van der Waals surface area contributed by atoms with E-state index in [0.29, 0.717) is 0 Å². The van der Waals surface area contributed by atoms with Crippen molar-refractivity contribution < 1.29 is 27.1 Å². The maximum absolute atomic E-state index is 13.5. The first kappa shape index (κ1) is 14.4. The standard InChI is InChI=1S/C13H8F5NO/c14-9-8(10(15)12(17)13(18)11(9)16)7(20)5-6-3-1-2-4-19-6/h1-4,7,20H,5H2. The molecule has 0 aliphatic rings. The van der Waals surface area contributed by atoms with Gasteiger partial charge in [-0.2, -0.15) is 0 Å². The van der Waals surface area contributed by atoms with Gasteiger partial charge in [0.05, 0.1) is 11.7 Å². The molecule has 20 heavy (non-hydrogen) atoms. The van der Waals surface area contributed by atoms with Crippen molar-refractivity contribution in [1.29, 1.82) is 0 Å². The maximum atomic E-state index is 13.5. The van der Waals surface area contributed by atoms with Crippen molar-refractivity contribution in [3.8, 4) is 0 Å². The normalized spacial score (nSPS) is 12.5. The van der Waals surface area contributed by atoms with E-state index in [1.807, 2.05) is 0 Å². The summed E-state index contributed by atoms with van der Waals surface area (Å²) in [7, 11) is 0. The Morgan fingerprint density at radius 1 is 0.900 bits per heavy atom. The minimum atomic E-state index is -2.26. The lowest BCUT2D eigenvalue weighted by Crippen LogP contribution is -2.13. The van der Waals surface area contributed by atoms with Gasteiger partial charge in [0.2, 0.25) is 5.82 Å². The minimum Gasteiger partial charge on any atom is -0.388 e. The third kappa shape index (κ3) is 2.49. The molecule has 1 aromatic heterocycles. The summed E-state index contributed by atoms with van der Waals surface area (Å²) in [5.41, 5.74) is -1.00. The molecule has 2 nitrogen and oxygen atoms in total. The van der Waals surface area contributed by atoms with Crippen molar-refractivity contribution in [2.45, 2.75) is 12.5 Å². The van der Waals surface area contributed by atoms with Gasteiger partial charge >= 0.3 is 0 Å². The van der Waals surface area contributed by atoms with Crippen LogP contribution < -0.4 is 0 Å². The van der Waals surface area contributed by atoms with E-state index in [-0.39, 0.29) is 12.1 Å². The Bertz CT molecular complexity index is 603. The first-order chi connectivity index (χ1) is 9.43. The number of halogens is 5. The van der Waals surface area contributed by atoms with Crippen LogP contribution in [0.3, 0.4) is 0 Å². The van der Waals surface area contributed by atoms with Crippen LogP contribution in [0.4, 0.5) is 22.0 Å². The van der Waals surface area contributed by atoms with E-state index in [1.165, 1.54) is 12.3 Å². The summed E-state index contributed by atoms with van der Waals surface area (Å²) in [6.45, 7) is 0. The number of hydrogen-bond donors (Lipinski definition) is 1. The molecule has 1 N–H and O–H groups in total. The molecule has 1 atom stereocenters. The third-order valence-electron chi connectivity index (χ3n) is 2.71. The molecule has 0 spiro atoms. The molecule has 2 rings (SSSR count). The van der Waals surface area contributed by atoms with Crippen LogP contribution in [0.15, 0.2) is 24.4 Å². The molecule has 0 fully saturated rings. The molecule has 0 aliphatic carbocycles. The third-order valence-corrected chi connectivity index (χ3v) is 2.71. The molecule has 0 aliphatic heterocycles. The van der Waals surface area contributed by atoms with Gasteiger partial charge in [-0.25, -0.2) is 22.0 Å². The fraction of sp³-hybridized carbons (Fsp3) is 0.154. The highest BCUT2D eigenvalue weighted by atomic mass is 19.2. The molecule has 7 heteroatoms. The lowest BCUT2D eigenvalue weighted by molar-refractivity contribution is 0.162. The summed E-state index contributed by atoms with van der Waals surface area (Å²) in [4.78, 5) is 3.80. The largest absolute Gasteiger partial charge is 0.388 e. The fourth-order valence-corrected chi connectivity index (χ4v) is 1.73. The highest BCUT2D eigenvalue weighted by Crippen LogP contribution is 2.29. The van der Waals surface area contributed by atoms with Crippen LogP contribution in [0.5, 0.6) is 0 Å². The molecule has 0 saturated carbocycles. The quantitative estimate of drug-likeness (QED) is 0.535. The molecular formula is C13H8F5NO. The average molecular weight is 289 g/mol. The van der Waals surface area contributed by atoms with Crippen LogP contribution in [-0.2, 0) is 6.42 Å². The predicted octanol–water partition coefficient (Wildman–Crippen LogP) is 3.05. The molecule has 2 aromatic rings. The number of aliphatic hydroxyl groups is 1. The Labute approximate surface area is 110 Å². The predicted molar refractivity (Wildman–Crippen MR) is 59.1 cm³/mol. The molecular weight excluding hydrogens is 281 g/mol. The zero-order valence-corrected chi connectivity index (χ0v) is 9.88. The van der Waals surface area contributed by atoms with Gasteiger partial charge < -0.3 is 5.11 Å². The highest BCUT2D eigenvalue weighted by Gasteiger charge is 2.29. The number of rotatable bonds is 3. The highest BCUT2D eigenvalue weighted by molar-refractivity contribution is 5.27. The van der Waals surface area contributed by atoms with Crippen LogP contribution in [0.1, 0.15) is 17.4 Å². The Kier molecular flexibility index (Phi) is 3.99.